The number of rotatable bonds is 5. The van der Waals surface area contributed by atoms with Gasteiger partial charge in [0, 0.05) is 36.7 Å². The van der Waals surface area contributed by atoms with Crippen molar-refractivity contribution in [3.05, 3.63) is 76.5 Å². The Bertz CT molecular complexity index is 1280. The van der Waals surface area contributed by atoms with E-state index in [-0.39, 0.29) is 5.91 Å². The van der Waals surface area contributed by atoms with Crippen LogP contribution in [0.15, 0.2) is 66.0 Å². The Morgan fingerprint density at radius 1 is 1.12 bits per heavy atom. The number of carbonyl (C=O) groups excluding carboxylic acids is 1. The molecule has 1 amide bonds. The monoisotopic (exact) mass is 497 g/mol. The van der Waals surface area contributed by atoms with Gasteiger partial charge in [-0.3, -0.25) is 14.8 Å². The van der Waals surface area contributed by atoms with Crippen LogP contribution in [0, 0.1) is 0 Å². The Balaban J connectivity index is 1.21. The number of carbonyl (C=O) groups is 1. The molecule has 2 aromatic heterocycles. The quantitative estimate of drug-likeness (QED) is 0.375. The number of halogens is 1. The molecule has 3 heterocycles. The molecular formula is C23H20ClN5O2S2. The number of aliphatic hydroxyl groups is 1. The third-order valence-electron chi connectivity index (χ3n) is 5.70. The number of para-hydroxylation sites is 1. The van der Waals surface area contributed by atoms with Crippen LogP contribution in [0.3, 0.4) is 0 Å². The Hall–Kier alpha value is -2.72. The van der Waals surface area contributed by atoms with Crippen LogP contribution in [-0.2, 0) is 5.60 Å². The van der Waals surface area contributed by atoms with Crippen LogP contribution >= 0.6 is 35.1 Å². The van der Waals surface area contributed by atoms with E-state index in [1.165, 1.54) is 23.5 Å². The van der Waals surface area contributed by atoms with E-state index < -0.39 is 5.60 Å². The number of hydrogen-bond acceptors (Lipinski definition) is 8. The molecule has 2 aromatic carbocycles. The molecule has 0 spiro atoms. The SMILES string of the molecule is O=C(c1ccc(NSc2cccc3nccnc23)cc1)N1CCC(O)(c2sncc2Cl)CC1. The number of amides is 1. The highest BCUT2D eigenvalue weighted by molar-refractivity contribution is 8.00. The second-order valence-corrected chi connectivity index (χ2v) is 9.85. The molecule has 0 unspecified atom stereocenters. The van der Waals surface area contributed by atoms with E-state index in [2.05, 4.69) is 19.1 Å². The van der Waals surface area contributed by atoms with Gasteiger partial charge in [0.2, 0.25) is 0 Å². The molecule has 0 atom stereocenters. The maximum Gasteiger partial charge on any atom is 0.253 e. The minimum absolute atomic E-state index is 0.0454. The summed E-state index contributed by atoms with van der Waals surface area (Å²) in [5.74, 6) is -0.0454. The van der Waals surface area contributed by atoms with Crippen molar-refractivity contribution in [2.24, 2.45) is 0 Å². The highest BCUT2D eigenvalue weighted by atomic mass is 35.5. The first-order valence-electron chi connectivity index (χ1n) is 10.4. The van der Waals surface area contributed by atoms with Gasteiger partial charge in [0.05, 0.1) is 26.5 Å². The summed E-state index contributed by atoms with van der Waals surface area (Å²) < 4.78 is 7.36. The fraction of sp³-hybridized carbons (Fsp3) is 0.217. The van der Waals surface area contributed by atoms with Crippen LogP contribution in [0.1, 0.15) is 28.1 Å². The van der Waals surface area contributed by atoms with Gasteiger partial charge in [0.25, 0.3) is 5.91 Å². The third-order valence-corrected chi connectivity index (χ3v) is 7.98. The molecule has 1 aliphatic rings. The summed E-state index contributed by atoms with van der Waals surface area (Å²) in [6.07, 6.45) is 5.78. The first-order valence-corrected chi connectivity index (χ1v) is 12.4. The lowest BCUT2D eigenvalue weighted by Crippen LogP contribution is -2.45. The number of aromatic nitrogens is 3. The predicted octanol–water partition coefficient (Wildman–Crippen LogP) is 4.98. The lowest BCUT2D eigenvalue weighted by atomic mass is 9.89. The van der Waals surface area contributed by atoms with Gasteiger partial charge in [-0.2, -0.15) is 4.37 Å². The van der Waals surface area contributed by atoms with Gasteiger partial charge in [-0.1, -0.05) is 17.7 Å². The number of likely N-dealkylation sites (tertiary alicyclic amines) is 1. The molecule has 168 valence electrons. The fourth-order valence-electron chi connectivity index (χ4n) is 3.87. The Kier molecular flexibility index (Phi) is 6.20. The standard InChI is InChI=1S/C23H20ClN5O2S2/c24-17-14-27-33-21(17)23(31)8-12-29(13-9-23)22(30)15-4-6-16(7-5-15)28-32-19-3-1-2-18-20(19)26-11-10-25-18/h1-7,10-11,14,28,31H,8-9,12-13H2. The lowest BCUT2D eigenvalue weighted by Gasteiger charge is -2.37. The molecule has 1 fully saturated rings. The van der Waals surface area contributed by atoms with E-state index in [4.69, 9.17) is 11.6 Å². The molecule has 0 radical (unpaired) electrons. The lowest BCUT2D eigenvalue weighted by molar-refractivity contribution is -0.0182. The molecule has 4 aromatic rings. The molecule has 33 heavy (non-hydrogen) atoms. The van der Waals surface area contributed by atoms with E-state index in [1.807, 2.05) is 42.5 Å². The average Bonchev–Trinajstić information content (AvgIpc) is 3.30. The number of anilines is 1. The van der Waals surface area contributed by atoms with E-state index in [0.717, 1.165) is 21.6 Å². The van der Waals surface area contributed by atoms with Crippen molar-refractivity contribution in [3.8, 4) is 0 Å². The number of nitrogens with zero attached hydrogens (tertiary/aromatic N) is 4. The molecule has 0 aliphatic carbocycles. The number of piperidine rings is 1. The average molecular weight is 498 g/mol. The zero-order valence-corrected chi connectivity index (χ0v) is 19.8. The summed E-state index contributed by atoms with van der Waals surface area (Å²) in [5.41, 5.74) is 2.16. The number of fused-ring (bicyclic) bond motifs is 1. The number of hydrogen-bond donors (Lipinski definition) is 2. The van der Waals surface area contributed by atoms with Crippen LogP contribution in [0.25, 0.3) is 11.0 Å². The van der Waals surface area contributed by atoms with Gasteiger partial charge in [0.1, 0.15) is 11.1 Å². The molecule has 5 rings (SSSR count). The van der Waals surface area contributed by atoms with Crippen molar-refractivity contribution in [2.45, 2.75) is 23.3 Å². The fourth-order valence-corrected chi connectivity index (χ4v) is 5.80. The number of benzene rings is 2. The van der Waals surface area contributed by atoms with Gasteiger partial charge in [-0.05, 0) is 72.7 Å². The third kappa shape index (κ3) is 4.54. The molecule has 1 aliphatic heterocycles. The summed E-state index contributed by atoms with van der Waals surface area (Å²) >= 11 is 8.83. The van der Waals surface area contributed by atoms with Crippen molar-refractivity contribution in [2.75, 3.05) is 17.8 Å². The van der Waals surface area contributed by atoms with Gasteiger partial charge in [-0.15, -0.1) is 0 Å². The van der Waals surface area contributed by atoms with Crippen molar-refractivity contribution >= 4 is 57.7 Å². The van der Waals surface area contributed by atoms with Gasteiger partial charge < -0.3 is 14.7 Å². The summed E-state index contributed by atoms with van der Waals surface area (Å²) in [6, 6.07) is 13.3. The minimum atomic E-state index is -1.02. The maximum absolute atomic E-state index is 13.0. The summed E-state index contributed by atoms with van der Waals surface area (Å²) in [6.45, 7) is 0.920. The second kappa shape index (κ2) is 9.26. The molecule has 0 saturated carbocycles. The van der Waals surface area contributed by atoms with Crippen LogP contribution in [-0.4, -0.2) is 43.3 Å². The second-order valence-electron chi connectivity index (χ2n) is 7.79. The van der Waals surface area contributed by atoms with E-state index in [1.54, 1.807) is 23.5 Å². The minimum Gasteiger partial charge on any atom is -0.384 e. The molecule has 10 heteroatoms. The van der Waals surface area contributed by atoms with Crippen molar-refractivity contribution < 1.29 is 9.90 Å². The normalized spacial score (nSPS) is 15.5. The van der Waals surface area contributed by atoms with Crippen molar-refractivity contribution in [1.29, 1.82) is 0 Å². The summed E-state index contributed by atoms with van der Waals surface area (Å²) in [7, 11) is 0. The smallest absolute Gasteiger partial charge is 0.253 e. The topological polar surface area (TPSA) is 91.2 Å². The van der Waals surface area contributed by atoms with Crippen molar-refractivity contribution in [1.82, 2.24) is 19.2 Å². The first-order chi connectivity index (χ1) is 16.0. The summed E-state index contributed by atoms with van der Waals surface area (Å²) in [4.78, 5) is 25.1. The van der Waals surface area contributed by atoms with Crippen LogP contribution in [0.5, 0.6) is 0 Å². The van der Waals surface area contributed by atoms with Crippen LogP contribution in [0.2, 0.25) is 5.02 Å². The van der Waals surface area contributed by atoms with Gasteiger partial charge >= 0.3 is 0 Å². The zero-order valence-electron chi connectivity index (χ0n) is 17.4. The zero-order chi connectivity index (χ0) is 22.8. The van der Waals surface area contributed by atoms with E-state index in [0.29, 0.717) is 41.4 Å². The Morgan fingerprint density at radius 2 is 1.88 bits per heavy atom. The highest BCUT2D eigenvalue weighted by Crippen LogP contribution is 2.39. The largest absolute Gasteiger partial charge is 0.384 e. The molecular weight excluding hydrogens is 478 g/mol. The Labute approximate surface area is 204 Å². The van der Waals surface area contributed by atoms with Crippen LogP contribution in [0.4, 0.5) is 5.69 Å². The highest BCUT2D eigenvalue weighted by Gasteiger charge is 2.38. The van der Waals surface area contributed by atoms with Gasteiger partial charge in [0.15, 0.2) is 0 Å². The molecule has 1 saturated heterocycles. The van der Waals surface area contributed by atoms with Gasteiger partial charge in [-0.25, -0.2) is 0 Å². The first kappa shape index (κ1) is 22.1. The summed E-state index contributed by atoms with van der Waals surface area (Å²) in [5, 5.41) is 11.5. The molecule has 0 bridgehead atoms. The molecule has 2 N–H and O–H groups in total. The van der Waals surface area contributed by atoms with E-state index >= 15 is 0 Å². The Morgan fingerprint density at radius 3 is 2.61 bits per heavy atom. The van der Waals surface area contributed by atoms with Crippen LogP contribution < -0.4 is 4.72 Å². The van der Waals surface area contributed by atoms with E-state index in [9.17, 15) is 9.90 Å². The predicted molar refractivity (Wildman–Crippen MR) is 132 cm³/mol. The number of nitrogens with one attached hydrogen (secondary N) is 1. The maximum atomic E-state index is 13.0. The molecule has 7 nitrogen and oxygen atoms in total. The van der Waals surface area contributed by atoms with Crippen molar-refractivity contribution in [3.63, 3.8) is 0 Å².